The van der Waals surface area contributed by atoms with Gasteiger partial charge in [0, 0.05) is 47.4 Å². The van der Waals surface area contributed by atoms with Crippen molar-refractivity contribution in [2.24, 2.45) is 7.05 Å². The molecule has 5 rings (SSSR count). The topological polar surface area (TPSA) is 115 Å². The molecule has 2 amide bonds. The number of aromatic nitrogens is 3. The highest BCUT2D eigenvalue weighted by Crippen LogP contribution is 2.46. The van der Waals surface area contributed by atoms with Crippen LogP contribution in [0.3, 0.4) is 0 Å². The first-order valence-electron chi connectivity index (χ1n) is 12.5. The second-order valence-electron chi connectivity index (χ2n) is 10.1. The first kappa shape index (κ1) is 27.8. The number of pyridine rings is 2. The van der Waals surface area contributed by atoms with Crippen LogP contribution in [0.25, 0.3) is 33.3 Å². The van der Waals surface area contributed by atoms with Crippen LogP contribution in [0.15, 0.2) is 53.3 Å². The van der Waals surface area contributed by atoms with E-state index in [-0.39, 0.29) is 23.2 Å². The van der Waals surface area contributed by atoms with E-state index in [1.807, 2.05) is 36.7 Å². The van der Waals surface area contributed by atoms with Gasteiger partial charge in [0.1, 0.15) is 17.2 Å². The largest absolute Gasteiger partial charge is 0.383 e. The molecule has 1 aliphatic carbocycles. The van der Waals surface area contributed by atoms with Crippen molar-refractivity contribution in [1.29, 1.82) is 0 Å². The molecule has 11 heteroatoms. The Hall–Kier alpha value is -3.76. The van der Waals surface area contributed by atoms with Crippen LogP contribution in [0, 0.1) is 6.92 Å². The zero-order valence-corrected chi connectivity index (χ0v) is 24.5. The van der Waals surface area contributed by atoms with E-state index >= 15 is 0 Å². The summed E-state index contributed by atoms with van der Waals surface area (Å²) in [6.07, 6.45) is 4.06. The molecule has 4 aromatic rings. The predicted octanol–water partition coefficient (Wildman–Crippen LogP) is 6.36. The molecule has 0 bridgehead atoms. The molecule has 0 spiro atoms. The molecule has 0 atom stereocenters. The molecule has 3 aromatic heterocycles. The van der Waals surface area contributed by atoms with E-state index in [1.165, 1.54) is 0 Å². The van der Waals surface area contributed by atoms with E-state index in [2.05, 4.69) is 43.1 Å². The summed E-state index contributed by atoms with van der Waals surface area (Å²) in [4.78, 5) is 33.6. The van der Waals surface area contributed by atoms with Crippen molar-refractivity contribution in [3.8, 4) is 22.4 Å². The number of nitrogens with zero attached hydrogens (tertiary/aromatic N) is 3. The lowest BCUT2D eigenvalue weighted by molar-refractivity contribution is -0.112. The van der Waals surface area contributed by atoms with E-state index in [1.54, 1.807) is 25.4 Å². The lowest BCUT2D eigenvalue weighted by atomic mass is 9.96. The summed E-state index contributed by atoms with van der Waals surface area (Å²) >= 11 is 10.2. The van der Waals surface area contributed by atoms with Gasteiger partial charge in [-0.05, 0) is 66.4 Å². The smallest absolute Gasteiger partial charge is 0.271 e. The van der Waals surface area contributed by atoms with E-state index in [0.717, 1.165) is 32.4 Å². The number of rotatable bonds is 7. The number of nitrogens with one attached hydrogen (secondary N) is 2. The molecule has 1 aromatic carbocycles. The van der Waals surface area contributed by atoms with Crippen molar-refractivity contribution in [3.63, 3.8) is 0 Å². The number of fused-ring (bicyclic) bond motifs is 1. The van der Waals surface area contributed by atoms with Gasteiger partial charge in [-0.1, -0.05) is 24.2 Å². The van der Waals surface area contributed by atoms with Crippen molar-refractivity contribution >= 4 is 61.8 Å². The van der Waals surface area contributed by atoms with Crippen LogP contribution in [0.2, 0.25) is 5.02 Å². The average Bonchev–Trinajstić information content (AvgIpc) is 3.56. The van der Waals surface area contributed by atoms with Gasteiger partial charge in [0.2, 0.25) is 0 Å². The molecule has 1 aliphatic rings. The fraction of sp³-hybridized carbons (Fsp3) is 0.241. The number of halogens is 3. The molecule has 1 saturated carbocycles. The summed E-state index contributed by atoms with van der Waals surface area (Å²) in [5.74, 6) is -0.483. The molecule has 206 valence electrons. The van der Waals surface area contributed by atoms with Gasteiger partial charge in [-0.2, -0.15) is 0 Å². The molecular weight excluding hydrogens is 599 g/mol. The summed E-state index contributed by atoms with van der Waals surface area (Å²) in [5.41, 5.74) is 10.9. The highest BCUT2D eigenvalue weighted by molar-refractivity contribution is 9.10. The Morgan fingerprint density at radius 1 is 1.25 bits per heavy atom. The Morgan fingerprint density at radius 2 is 1.98 bits per heavy atom. The minimum absolute atomic E-state index is 0.0116. The molecule has 0 radical (unpaired) electrons. The number of hydrogen-bond acceptors (Lipinski definition) is 5. The van der Waals surface area contributed by atoms with Gasteiger partial charge in [-0.25, -0.2) is 14.4 Å². The highest BCUT2D eigenvalue weighted by atomic mass is 79.9. The van der Waals surface area contributed by atoms with Crippen LogP contribution in [-0.4, -0.2) is 38.6 Å². The molecule has 40 heavy (non-hydrogen) atoms. The van der Waals surface area contributed by atoms with E-state index in [0.29, 0.717) is 40.9 Å². The van der Waals surface area contributed by atoms with Crippen LogP contribution in [0.5, 0.6) is 0 Å². The third-order valence-corrected chi connectivity index (χ3v) is 7.89. The minimum atomic E-state index is -1.33. The van der Waals surface area contributed by atoms with E-state index < -0.39 is 11.6 Å². The summed E-state index contributed by atoms with van der Waals surface area (Å²) in [7, 11) is 1.92. The van der Waals surface area contributed by atoms with Crippen LogP contribution in [0.4, 0.5) is 15.9 Å². The standard InChI is InChI=1S/C29H27BrClFN6O2/c1-14(2)27(39)37-17-5-6-18(15(3)9-17)24-21(22-25(38(24)4)19(30)12-35-26(22)33)16-10-20(31)23(34-11-16)28(40)36-13-29(32)7-8-29/h5-6,9-12H,1,7-8,13H2,2-4H3,(H2,33,35)(H,36,40)(H,37,39). The van der Waals surface area contributed by atoms with Crippen LogP contribution in [0.1, 0.15) is 35.8 Å². The SMILES string of the molecule is C=C(C)C(=O)Nc1ccc(-c2c(-c3cnc(C(=O)NCC4(F)CC4)c(Cl)c3)c3c(N)ncc(Br)c3n2C)c(C)c1. The quantitative estimate of drug-likeness (QED) is 0.207. The Morgan fingerprint density at radius 3 is 2.60 bits per heavy atom. The van der Waals surface area contributed by atoms with Crippen molar-refractivity contribution in [2.75, 3.05) is 17.6 Å². The average molecular weight is 626 g/mol. The third kappa shape index (κ3) is 5.09. The molecule has 3 heterocycles. The van der Waals surface area contributed by atoms with Gasteiger partial charge in [0.15, 0.2) is 0 Å². The van der Waals surface area contributed by atoms with Gasteiger partial charge in [-0.3, -0.25) is 9.59 Å². The molecule has 0 saturated heterocycles. The normalized spacial score (nSPS) is 13.8. The Kier molecular flexibility index (Phi) is 7.18. The molecule has 4 N–H and O–H groups in total. The molecule has 0 unspecified atom stereocenters. The lowest BCUT2D eigenvalue weighted by Crippen LogP contribution is -2.31. The predicted molar refractivity (Wildman–Crippen MR) is 160 cm³/mol. The van der Waals surface area contributed by atoms with Crippen molar-refractivity contribution in [1.82, 2.24) is 19.9 Å². The number of nitrogens with two attached hydrogens (primary N) is 1. The monoisotopic (exact) mass is 624 g/mol. The number of hydrogen-bond donors (Lipinski definition) is 3. The number of carbonyl (C=O) groups is 2. The van der Waals surface area contributed by atoms with Crippen molar-refractivity contribution in [3.05, 3.63) is 69.6 Å². The van der Waals surface area contributed by atoms with Gasteiger partial charge < -0.3 is 20.9 Å². The number of amides is 2. The molecule has 8 nitrogen and oxygen atoms in total. The molecule has 0 aliphatic heterocycles. The Balaban J connectivity index is 1.64. The number of nitrogen functional groups attached to an aromatic ring is 1. The second-order valence-corrected chi connectivity index (χ2v) is 11.4. The number of anilines is 2. The zero-order valence-electron chi connectivity index (χ0n) is 22.2. The molecule has 1 fully saturated rings. The van der Waals surface area contributed by atoms with Crippen LogP contribution >= 0.6 is 27.5 Å². The minimum Gasteiger partial charge on any atom is -0.383 e. The number of aryl methyl sites for hydroxylation is 2. The number of carbonyl (C=O) groups excluding carboxylic acids is 2. The van der Waals surface area contributed by atoms with Gasteiger partial charge >= 0.3 is 0 Å². The van der Waals surface area contributed by atoms with E-state index in [4.69, 9.17) is 17.3 Å². The van der Waals surface area contributed by atoms with Crippen LogP contribution < -0.4 is 16.4 Å². The Bertz CT molecular complexity index is 1730. The highest BCUT2D eigenvalue weighted by Gasteiger charge is 2.43. The maximum absolute atomic E-state index is 14.0. The van der Waals surface area contributed by atoms with Gasteiger partial charge in [0.25, 0.3) is 11.8 Å². The van der Waals surface area contributed by atoms with Gasteiger partial charge in [0.05, 0.1) is 32.6 Å². The summed E-state index contributed by atoms with van der Waals surface area (Å²) in [6, 6.07) is 7.27. The second kappa shape index (κ2) is 10.3. The van der Waals surface area contributed by atoms with Crippen molar-refractivity contribution in [2.45, 2.75) is 32.4 Å². The maximum Gasteiger partial charge on any atom is 0.271 e. The fourth-order valence-corrected chi connectivity index (χ4v) is 5.50. The summed E-state index contributed by atoms with van der Waals surface area (Å²) < 4.78 is 16.8. The summed E-state index contributed by atoms with van der Waals surface area (Å²) in [6.45, 7) is 7.21. The third-order valence-electron chi connectivity index (χ3n) is 7.02. The van der Waals surface area contributed by atoms with Crippen LogP contribution in [-0.2, 0) is 11.8 Å². The van der Waals surface area contributed by atoms with Gasteiger partial charge in [-0.15, -0.1) is 0 Å². The Labute approximate surface area is 244 Å². The lowest BCUT2D eigenvalue weighted by Gasteiger charge is -2.14. The first-order valence-corrected chi connectivity index (χ1v) is 13.7. The number of alkyl halides is 1. The first-order chi connectivity index (χ1) is 18.9. The molecular formula is C29H27BrClFN6O2. The van der Waals surface area contributed by atoms with E-state index in [9.17, 15) is 14.0 Å². The van der Waals surface area contributed by atoms with Crippen molar-refractivity contribution < 1.29 is 14.0 Å². The fourth-order valence-electron chi connectivity index (χ4n) is 4.68. The summed E-state index contributed by atoms with van der Waals surface area (Å²) in [5, 5.41) is 6.24. The maximum atomic E-state index is 14.0. The number of benzene rings is 1. The zero-order chi connectivity index (χ0) is 28.9.